The number of phenols is 1. The van der Waals surface area contributed by atoms with Gasteiger partial charge in [0.25, 0.3) is 0 Å². The van der Waals surface area contributed by atoms with Gasteiger partial charge in [0.15, 0.2) is 0 Å². The summed E-state index contributed by atoms with van der Waals surface area (Å²) in [7, 11) is 0. The van der Waals surface area contributed by atoms with Crippen molar-refractivity contribution in [2.24, 2.45) is 0 Å². The van der Waals surface area contributed by atoms with Gasteiger partial charge in [-0.1, -0.05) is 24.3 Å². The van der Waals surface area contributed by atoms with Gasteiger partial charge in [-0.3, -0.25) is 4.98 Å². The smallest absolute Gasteiger partial charge is 0.323 e. The molecule has 3 N–H and O–H groups in total. The minimum absolute atomic E-state index is 0.0969. The number of aromatic nitrogens is 1. The van der Waals surface area contributed by atoms with Crippen LogP contribution in [-0.2, 0) is 0 Å². The molecule has 21 heavy (non-hydrogen) atoms. The van der Waals surface area contributed by atoms with Crippen LogP contribution in [0, 0.1) is 0 Å². The van der Waals surface area contributed by atoms with E-state index in [1.807, 2.05) is 24.3 Å². The lowest BCUT2D eigenvalue weighted by Gasteiger charge is -2.09. The number of nitrogens with zero attached hydrogens (tertiary/aromatic N) is 1. The second-order valence-corrected chi connectivity index (χ2v) is 4.51. The molecule has 0 saturated carbocycles. The van der Waals surface area contributed by atoms with Crippen molar-refractivity contribution in [2.45, 2.75) is 0 Å². The fraction of sp³-hybridized carbons (Fsp3) is 0. The average Bonchev–Trinajstić information content (AvgIpc) is 2.47. The summed E-state index contributed by atoms with van der Waals surface area (Å²) in [6.07, 6.45) is 1.68. The molecular weight excluding hydrogens is 266 g/mol. The molecule has 0 spiro atoms. The molecule has 5 heteroatoms. The predicted octanol–water partition coefficient (Wildman–Crippen LogP) is 3.58. The number of para-hydroxylation sites is 1. The van der Waals surface area contributed by atoms with Gasteiger partial charge in [0.05, 0.1) is 11.2 Å². The van der Waals surface area contributed by atoms with E-state index in [0.29, 0.717) is 11.4 Å². The maximum atomic E-state index is 12.0. The van der Waals surface area contributed by atoms with E-state index < -0.39 is 6.03 Å². The van der Waals surface area contributed by atoms with Crippen molar-refractivity contribution in [3.63, 3.8) is 0 Å². The zero-order valence-electron chi connectivity index (χ0n) is 11.1. The number of amides is 2. The quantitative estimate of drug-likeness (QED) is 0.671. The zero-order valence-corrected chi connectivity index (χ0v) is 11.1. The van der Waals surface area contributed by atoms with Gasteiger partial charge in [-0.2, -0.15) is 0 Å². The molecular formula is C16H13N3O2. The number of fused-ring (bicyclic) bond motifs is 1. The Morgan fingerprint density at radius 3 is 2.67 bits per heavy atom. The van der Waals surface area contributed by atoms with E-state index in [1.54, 1.807) is 24.4 Å². The minimum atomic E-state index is -0.390. The molecule has 0 atom stereocenters. The molecule has 0 fully saturated rings. The Bertz CT molecular complexity index is 797. The highest BCUT2D eigenvalue weighted by molar-refractivity contribution is 6.05. The van der Waals surface area contributed by atoms with E-state index in [-0.39, 0.29) is 5.75 Å². The summed E-state index contributed by atoms with van der Waals surface area (Å²) in [5.74, 6) is 0.0969. The highest BCUT2D eigenvalue weighted by Crippen LogP contribution is 2.21. The summed E-state index contributed by atoms with van der Waals surface area (Å²) < 4.78 is 0. The Balaban J connectivity index is 1.80. The Hall–Kier alpha value is -3.08. The average molecular weight is 279 g/mol. The van der Waals surface area contributed by atoms with Gasteiger partial charge in [-0.05, 0) is 24.3 Å². The molecule has 3 aromatic rings. The summed E-state index contributed by atoms with van der Waals surface area (Å²) in [5, 5.41) is 15.7. The van der Waals surface area contributed by atoms with Crippen LogP contribution < -0.4 is 10.6 Å². The number of hydrogen-bond donors (Lipinski definition) is 3. The number of carbonyl (C=O) groups excluding carboxylic acids is 1. The van der Waals surface area contributed by atoms with Crippen LogP contribution in [0.2, 0.25) is 0 Å². The number of urea groups is 1. The maximum absolute atomic E-state index is 12.0. The van der Waals surface area contributed by atoms with Gasteiger partial charge < -0.3 is 15.7 Å². The van der Waals surface area contributed by atoms with Gasteiger partial charge >= 0.3 is 6.03 Å². The van der Waals surface area contributed by atoms with Crippen LogP contribution in [0.5, 0.6) is 5.75 Å². The molecule has 2 amide bonds. The molecule has 0 unspecified atom stereocenters. The van der Waals surface area contributed by atoms with Gasteiger partial charge in [-0.25, -0.2) is 4.79 Å². The van der Waals surface area contributed by atoms with Crippen molar-refractivity contribution in [3.8, 4) is 5.75 Å². The molecule has 0 radical (unpaired) electrons. The second kappa shape index (κ2) is 5.50. The number of nitrogens with one attached hydrogen (secondary N) is 2. The van der Waals surface area contributed by atoms with Crippen LogP contribution in [-0.4, -0.2) is 16.1 Å². The number of anilines is 2. The van der Waals surface area contributed by atoms with Crippen molar-refractivity contribution in [1.82, 2.24) is 4.98 Å². The van der Waals surface area contributed by atoms with Gasteiger partial charge in [-0.15, -0.1) is 0 Å². The Morgan fingerprint density at radius 1 is 1.00 bits per heavy atom. The third-order valence-corrected chi connectivity index (χ3v) is 2.98. The molecule has 2 aromatic carbocycles. The molecule has 1 aromatic heterocycles. The highest BCUT2D eigenvalue weighted by Gasteiger charge is 2.06. The number of pyridine rings is 1. The molecule has 104 valence electrons. The highest BCUT2D eigenvalue weighted by atomic mass is 16.3. The number of hydrogen-bond acceptors (Lipinski definition) is 3. The molecule has 0 aliphatic rings. The van der Waals surface area contributed by atoms with Crippen molar-refractivity contribution >= 4 is 28.3 Å². The van der Waals surface area contributed by atoms with Gasteiger partial charge in [0.2, 0.25) is 0 Å². The number of carbonyl (C=O) groups is 1. The van der Waals surface area contributed by atoms with Crippen molar-refractivity contribution < 1.29 is 9.90 Å². The number of rotatable bonds is 2. The first-order valence-corrected chi connectivity index (χ1v) is 6.43. The molecule has 0 aliphatic heterocycles. The van der Waals surface area contributed by atoms with E-state index in [2.05, 4.69) is 15.6 Å². The largest absolute Gasteiger partial charge is 0.508 e. The number of aromatic hydroxyl groups is 1. The molecule has 0 bridgehead atoms. The molecule has 1 heterocycles. The maximum Gasteiger partial charge on any atom is 0.323 e. The molecule has 0 aliphatic carbocycles. The lowest BCUT2D eigenvalue weighted by Crippen LogP contribution is -2.19. The fourth-order valence-electron chi connectivity index (χ4n) is 2.07. The van der Waals surface area contributed by atoms with E-state index in [1.165, 1.54) is 12.1 Å². The first-order valence-electron chi connectivity index (χ1n) is 6.43. The topological polar surface area (TPSA) is 74.2 Å². The van der Waals surface area contributed by atoms with Crippen molar-refractivity contribution in [2.75, 3.05) is 10.6 Å². The summed E-state index contributed by atoms with van der Waals surface area (Å²) in [6.45, 7) is 0. The monoisotopic (exact) mass is 279 g/mol. The van der Waals surface area contributed by atoms with Gasteiger partial charge in [0, 0.05) is 23.3 Å². The Morgan fingerprint density at radius 2 is 1.81 bits per heavy atom. The van der Waals surface area contributed by atoms with E-state index in [4.69, 9.17) is 0 Å². The van der Waals surface area contributed by atoms with E-state index in [0.717, 1.165) is 10.9 Å². The molecule has 0 saturated heterocycles. The summed E-state index contributed by atoms with van der Waals surface area (Å²) in [4.78, 5) is 16.3. The third kappa shape index (κ3) is 2.92. The second-order valence-electron chi connectivity index (χ2n) is 4.51. The number of benzene rings is 2. The Kier molecular flexibility index (Phi) is 3.39. The molecule has 3 rings (SSSR count). The van der Waals surface area contributed by atoms with Crippen LogP contribution in [0.4, 0.5) is 16.2 Å². The first kappa shape index (κ1) is 12.9. The SMILES string of the molecule is O=C(Nc1cccc(O)c1)Nc1cccc2cccnc12. The van der Waals surface area contributed by atoms with Crippen LogP contribution in [0.25, 0.3) is 10.9 Å². The van der Waals surface area contributed by atoms with Crippen LogP contribution in [0.15, 0.2) is 60.8 Å². The third-order valence-electron chi connectivity index (χ3n) is 2.98. The van der Waals surface area contributed by atoms with Crippen molar-refractivity contribution in [1.29, 1.82) is 0 Å². The Labute approximate surface area is 121 Å². The van der Waals surface area contributed by atoms with Crippen LogP contribution >= 0.6 is 0 Å². The summed E-state index contributed by atoms with van der Waals surface area (Å²) in [5.41, 5.74) is 1.87. The first-order chi connectivity index (χ1) is 10.2. The van der Waals surface area contributed by atoms with Gasteiger partial charge in [0.1, 0.15) is 5.75 Å². The van der Waals surface area contributed by atoms with Crippen LogP contribution in [0.1, 0.15) is 0 Å². The van der Waals surface area contributed by atoms with Crippen LogP contribution in [0.3, 0.4) is 0 Å². The fourth-order valence-corrected chi connectivity index (χ4v) is 2.07. The van der Waals surface area contributed by atoms with Crippen molar-refractivity contribution in [3.05, 3.63) is 60.8 Å². The lowest BCUT2D eigenvalue weighted by atomic mass is 10.2. The number of phenolic OH excluding ortho intramolecular Hbond substituents is 1. The van der Waals surface area contributed by atoms with E-state index in [9.17, 15) is 9.90 Å². The normalized spacial score (nSPS) is 10.3. The predicted molar refractivity (Wildman–Crippen MR) is 82.5 cm³/mol. The van der Waals surface area contributed by atoms with E-state index >= 15 is 0 Å². The standard InChI is InChI=1S/C16H13N3O2/c20-13-7-2-6-12(10-13)18-16(21)19-14-8-1-4-11-5-3-9-17-15(11)14/h1-10,20H,(H2,18,19,21). The molecule has 5 nitrogen and oxygen atoms in total. The summed E-state index contributed by atoms with van der Waals surface area (Å²) >= 11 is 0. The minimum Gasteiger partial charge on any atom is -0.508 e. The zero-order chi connectivity index (χ0) is 14.7. The summed E-state index contributed by atoms with van der Waals surface area (Å²) in [6, 6.07) is 15.3. The lowest BCUT2D eigenvalue weighted by molar-refractivity contribution is 0.262.